The molecule has 0 radical (unpaired) electrons. The Morgan fingerprint density at radius 1 is 1.04 bits per heavy atom. The molecule has 2 aromatic carbocycles. The Bertz CT molecular complexity index is 807. The summed E-state index contributed by atoms with van der Waals surface area (Å²) in [6, 6.07) is 13.9. The number of nitrogens with zero attached hydrogens (tertiary/aromatic N) is 1. The number of amides is 2. The first kappa shape index (κ1) is 21.2. The number of aryl methyl sites for hydroxylation is 1. The lowest BCUT2D eigenvalue weighted by atomic mass is 10.2. The third-order valence-electron chi connectivity index (χ3n) is 3.86. The van der Waals surface area contributed by atoms with Crippen LogP contribution in [0.5, 0.6) is 5.75 Å². The summed E-state index contributed by atoms with van der Waals surface area (Å²) in [6.45, 7) is 2.06. The Morgan fingerprint density at radius 3 is 2.39 bits per heavy atom. The summed E-state index contributed by atoms with van der Waals surface area (Å²) in [4.78, 5) is 25.6. The van der Waals surface area contributed by atoms with Gasteiger partial charge in [-0.25, -0.2) is 9.59 Å². The number of carbonyl (C=O) groups excluding carboxylic acids is 2. The Morgan fingerprint density at radius 2 is 1.75 bits per heavy atom. The van der Waals surface area contributed by atoms with E-state index >= 15 is 0 Å². The molecule has 0 unspecified atom stereocenters. The van der Waals surface area contributed by atoms with E-state index in [9.17, 15) is 9.59 Å². The molecule has 0 heterocycles. The van der Waals surface area contributed by atoms with E-state index in [0.717, 1.165) is 5.56 Å². The van der Waals surface area contributed by atoms with Gasteiger partial charge in [0.2, 0.25) is 0 Å². The first-order chi connectivity index (χ1) is 13.5. The Hall–Kier alpha value is -3.10. The predicted molar refractivity (Wildman–Crippen MR) is 105 cm³/mol. The van der Waals surface area contributed by atoms with Gasteiger partial charge in [-0.2, -0.15) is 0 Å². The molecule has 1 N–H and O–H groups in total. The fourth-order valence-corrected chi connectivity index (χ4v) is 2.44. The van der Waals surface area contributed by atoms with Crippen LogP contribution < -0.4 is 15.0 Å². The minimum atomic E-state index is -0.625. The van der Waals surface area contributed by atoms with Gasteiger partial charge in [0, 0.05) is 31.7 Å². The molecular weight excluding hydrogens is 364 g/mol. The lowest BCUT2D eigenvalue weighted by Crippen LogP contribution is -2.40. The fraction of sp³-hybridized carbons (Fsp3) is 0.300. The highest BCUT2D eigenvalue weighted by Gasteiger charge is 2.23. The number of ether oxygens (including phenoxy) is 4. The van der Waals surface area contributed by atoms with Crippen molar-refractivity contribution in [3.05, 3.63) is 54.1 Å². The molecule has 0 aliphatic carbocycles. The number of nitrogens with one attached hydrogen (secondary N) is 1. The van der Waals surface area contributed by atoms with Crippen LogP contribution in [0.2, 0.25) is 0 Å². The molecule has 0 aliphatic rings. The van der Waals surface area contributed by atoms with Gasteiger partial charge in [0.15, 0.2) is 6.29 Å². The molecule has 0 aliphatic heterocycles. The number of anilines is 2. The maximum atomic E-state index is 12.9. The second-order valence-corrected chi connectivity index (χ2v) is 5.86. The molecule has 0 saturated carbocycles. The van der Waals surface area contributed by atoms with Crippen molar-refractivity contribution >= 4 is 23.6 Å². The zero-order valence-electron chi connectivity index (χ0n) is 16.3. The fourth-order valence-electron chi connectivity index (χ4n) is 2.44. The Balaban J connectivity index is 2.22. The van der Waals surface area contributed by atoms with Crippen LogP contribution in [-0.2, 0) is 14.2 Å². The number of hydrogen-bond donors (Lipinski definition) is 1. The summed E-state index contributed by atoms with van der Waals surface area (Å²) in [6.07, 6.45) is -1.85. The van der Waals surface area contributed by atoms with Crippen LogP contribution in [0.25, 0.3) is 0 Å². The molecule has 8 nitrogen and oxygen atoms in total. The molecule has 0 bridgehead atoms. The van der Waals surface area contributed by atoms with Crippen LogP contribution >= 0.6 is 0 Å². The van der Waals surface area contributed by atoms with Gasteiger partial charge >= 0.3 is 12.2 Å². The van der Waals surface area contributed by atoms with Crippen LogP contribution in [0.4, 0.5) is 21.0 Å². The van der Waals surface area contributed by atoms with Crippen LogP contribution in [0.3, 0.4) is 0 Å². The van der Waals surface area contributed by atoms with Gasteiger partial charge < -0.3 is 18.9 Å². The molecule has 2 amide bonds. The molecular formula is C20H24N2O6. The summed E-state index contributed by atoms with van der Waals surface area (Å²) in [5.74, 6) is 0.267. The smallest absolute Gasteiger partial charge is 0.419 e. The second kappa shape index (κ2) is 10.3. The lowest BCUT2D eigenvalue weighted by Gasteiger charge is -2.26. The highest BCUT2D eigenvalue weighted by Crippen LogP contribution is 2.22. The first-order valence-electron chi connectivity index (χ1n) is 8.53. The van der Waals surface area contributed by atoms with Crippen LogP contribution in [-0.4, -0.2) is 46.4 Å². The molecule has 150 valence electrons. The molecule has 0 fully saturated rings. The van der Waals surface area contributed by atoms with Crippen LogP contribution in [0.1, 0.15) is 5.56 Å². The summed E-state index contributed by atoms with van der Waals surface area (Å²) < 4.78 is 20.5. The Kier molecular flexibility index (Phi) is 7.79. The average molecular weight is 388 g/mol. The number of benzene rings is 2. The lowest BCUT2D eigenvalue weighted by molar-refractivity contribution is -0.0943. The van der Waals surface area contributed by atoms with Crippen molar-refractivity contribution in [2.75, 3.05) is 38.1 Å². The quantitative estimate of drug-likeness (QED) is 0.726. The molecule has 0 atom stereocenters. The van der Waals surface area contributed by atoms with E-state index in [2.05, 4.69) is 10.1 Å². The van der Waals surface area contributed by atoms with Crippen molar-refractivity contribution in [1.29, 1.82) is 0 Å². The van der Waals surface area contributed by atoms with Gasteiger partial charge in [0.1, 0.15) is 5.75 Å². The van der Waals surface area contributed by atoms with Crippen LogP contribution in [0.15, 0.2) is 48.5 Å². The van der Waals surface area contributed by atoms with Crippen molar-refractivity contribution in [2.24, 2.45) is 0 Å². The number of methoxy groups -OCH3 is 3. The Labute approximate surface area is 163 Å². The third-order valence-corrected chi connectivity index (χ3v) is 3.86. The van der Waals surface area contributed by atoms with E-state index in [-0.39, 0.29) is 12.3 Å². The van der Waals surface area contributed by atoms with E-state index in [1.165, 1.54) is 32.3 Å². The molecule has 0 spiro atoms. The zero-order chi connectivity index (χ0) is 20.5. The van der Waals surface area contributed by atoms with E-state index in [0.29, 0.717) is 11.4 Å². The largest absolute Gasteiger partial charge is 0.453 e. The minimum Gasteiger partial charge on any atom is -0.453 e. The standard InChI is InChI=1S/C20H24N2O6/c1-14-7-5-9-16(11-14)22(13-18(25-2)26-3)20(24)28-17-10-6-8-15(12-17)21-19(23)27-4/h5-12,18H,13H2,1-4H3,(H,21,23). The molecule has 2 rings (SSSR count). The second-order valence-electron chi connectivity index (χ2n) is 5.86. The molecule has 2 aromatic rings. The van der Waals surface area contributed by atoms with Crippen molar-refractivity contribution < 1.29 is 28.5 Å². The van der Waals surface area contributed by atoms with Crippen molar-refractivity contribution in [1.82, 2.24) is 0 Å². The third kappa shape index (κ3) is 5.97. The van der Waals surface area contributed by atoms with E-state index in [4.69, 9.17) is 14.2 Å². The molecule has 0 saturated heterocycles. The van der Waals surface area contributed by atoms with Gasteiger partial charge in [0.25, 0.3) is 0 Å². The van der Waals surface area contributed by atoms with E-state index in [1.807, 2.05) is 25.1 Å². The van der Waals surface area contributed by atoms with Gasteiger partial charge in [-0.05, 0) is 36.8 Å². The normalized spacial score (nSPS) is 10.5. The average Bonchev–Trinajstić information content (AvgIpc) is 2.69. The van der Waals surface area contributed by atoms with Crippen molar-refractivity contribution in [3.63, 3.8) is 0 Å². The predicted octanol–water partition coefficient (Wildman–Crippen LogP) is 3.80. The molecule has 8 heteroatoms. The summed E-state index contributed by atoms with van der Waals surface area (Å²) >= 11 is 0. The maximum Gasteiger partial charge on any atom is 0.419 e. The topological polar surface area (TPSA) is 86.3 Å². The van der Waals surface area contributed by atoms with Crippen molar-refractivity contribution in [3.8, 4) is 5.75 Å². The minimum absolute atomic E-state index is 0.134. The molecule has 0 aromatic heterocycles. The van der Waals surface area contributed by atoms with Gasteiger partial charge in [-0.3, -0.25) is 10.2 Å². The summed E-state index contributed by atoms with van der Waals surface area (Å²) in [7, 11) is 4.26. The number of rotatable bonds is 7. The number of hydrogen-bond acceptors (Lipinski definition) is 6. The highest BCUT2D eigenvalue weighted by molar-refractivity contribution is 5.90. The van der Waals surface area contributed by atoms with Gasteiger partial charge in [0.05, 0.1) is 13.7 Å². The summed E-state index contributed by atoms with van der Waals surface area (Å²) in [5.41, 5.74) is 2.07. The maximum absolute atomic E-state index is 12.9. The highest BCUT2D eigenvalue weighted by atomic mass is 16.7. The number of carbonyl (C=O) groups is 2. The van der Waals surface area contributed by atoms with Gasteiger partial charge in [-0.15, -0.1) is 0 Å². The monoisotopic (exact) mass is 388 g/mol. The first-order valence-corrected chi connectivity index (χ1v) is 8.53. The van der Waals surface area contributed by atoms with Crippen LogP contribution in [0, 0.1) is 6.92 Å². The van der Waals surface area contributed by atoms with E-state index in [1.54, 1.807) is 24.3 Å². The van der Waals surface area contributed by atoms with E-state index < -0.39 is 18.5 Å². The summed E-state index contributed by atoms with van der Waals surface area (Å²) in [5, 5.41) is 2.52. The zero-order valence-corrected chi connectivity index (χ0v) is 16.3. The van der Waals surface area contributed by atoms with Crippen molar-refractivity contribution in [2.45, 2.75) is 13.2 Å². The SMILES string of the molecule is COC(=O)Nc1cccc(OC(=O)N(CC(OC)OC)c2cccc(C)c2)c1. The van der Waals surface area contributed by atoms with Gasteiger partial charge in [-0.1, -0.05) is 18.2 Å². The molecule has 28 heavy (non-hydrogen) atoms.